The summed E-state index contributed by atoms with van der Waals surface area (Å²) >= 11 is 0. The molecule has 0 radical (unpaired) electrons. The van der Waals surface area contributed by atoms with E-state index >= 15 is 0 Å². The lowest BCUT2D eigenvalue weighted by molar-refractivity contribution is -0.138. The summed E-state index contributed by atoms with van der Waals surface area (Å²) in [6.45, 7) is 2.17. The molecule has 56 heavy (non-hydrogen) atoms. The number of sulfone groups is 2. The summed E-state index contributed by atoms with van der Waals surface area (Å²) in [6.07, 6.45) is -9.46. The van der Waals surface area contributed by atoms with Gasteiger partial charge < -0.3 is 20.1 Å². The first kappa shape index (κ1) is 41.5. The third kappa shape index (κ3) is 10.4. The second kappa shape index (κ2) is 17.2. The van der Waals surface area contributed by atoms with Crippen LogP contribution in [0.25, 0.3) is 0 Å². The van der Waals surface area contributed by atoms with Crippen molar-refractivity contribution in [3.05, 3.63) is 120 Å². The van der Waals surface area contributed by atoms with Gasteiger partial charge in [0.25, 0.3) is 0 Å². The van der Waals surface area contributed by atoms with Crippen LogP contribution in [0.4, 0.5) is 26.3 Å². The molecule has 5 atom stereocenters. The first-order valence-electron chi connectivity index (χ1n) is 18.2. The number of benzene rings is 4. The molecule has 0 saturated carbocycles. The predicted molar refractivity (Wildman–Crippen MR) is 198 cm³/mol. The molecule has 16 heteroatoms. The molecule has 0 aliphatic carbocycles. The maximum absolute atomic E-state index is 13.6. The van der Waals surface area contributed by atoms with E-state index in [-0.39, 0.29) is 63.4 Å². The lowest BCUT2D eigenvalue weighted by Gasteiger charge is -2.29. The molecule has 0 amide bonds. The zero-order chi connectivity index (χ0) is 40.1. The zero-order valence-corrected chi connectivity index (χ0v) is 31.7. The molecule has 2 heterocycles. The summed E-state index contributed by atoms with van der Waals surface area (Å²) in [4.78, 5) is 0.219. The third-order valence-corrected chi connectivity index (χ3v) is 13.9. The average molecular weight is 825 g/mol. The molecule has 2 N–H and O–H groups in total. The third-order valence-electron chi connectivity index (χ3n) is 10.4. The molecule has 2 aliphatic rings. The van der Waals surface area contributed by atoms with Crippen molar-refractivity contribution < 1.29 is 52.7 Å². The van der Waals surface area contributed by atoms with Crippen LogP contribution < -0.4 is 20.1 Å². The van der Waals surface area contributed by atoms with Crippen LogP contribution in [0.3, 0.4) is 0 Å². The molecular weight excluding hydrogens is 783 g/mol. The van der Waals surface area contributed by atoms with E-state index in [0.717, 1.165) is 36.2 Å². The van der Waals surface area contributed by atoms with Crippen LogP contribution in [-0.4, -0.2) is 66.7 Å². The molecular formula is C40H42F6N2O6S2. The fourth-order valence-electron chi connectivity index (χ4n) is 7.32. The lowest BCUT2D eigenvalue weighted by atomic mass is 9.84. The van der Waals surface area contributed by atoms with Crippen LogP contribution in [0.1, 0.15) is 41.9 Å². The van der Waals surface area contributed by atoms with Crippen LogP contribution in [0.2, 0.25) is 0 Å². The van der Waals surface area contributed by atoms with Crippen molar-refractivity contribution >= 4 is 19.7 Å². The first-order chi connectivity index (χ1) is 26.5. The van der Waals surface area contributed by atoms with E-state index in [0.29, 0.717) is 26.2 Å². The van der Waals surface area contributed by atoms with Gasteiger partial charge in [0.1, 0.15) is 23.7 Å². The Hall–Kier alpha value is -4.12. The highest BCUT2D eigenvalue weighted by Gasteiger charge is 2.38. The van der Waals surface area contributed by atoms with Gasteiger partial charge >= 0.3 is 12.4 Å². The van der Waals surface area contributed by atoms with Gasteiger partial charge in [-0.15, -0.1) is 0 Å². The Morgan fingerprint density at radius 3 is 1.59 bits per heavy atom. The Morgan fingerprint density at radius 1 is 0.589 bits per heavy atom. The van der Waals surface area contributed by atoms with Gasteiger partial charge in [0.15, 0.2) is 19.7 Å². The van der Waals surface area contributed by atoms with Crippen molar-refractivity contribution in [1.82, 2.24) is 10.6 Å². The van der Waals surface area contributed by atoms with Crippen molar-refractivity contribution in [1.29, 1.82) is 0 Å². The Kier molecular flexibility index (Phi) is 12.7. The van der Waals surface area contributed by atoms with Crippen molar-refractivity contribution in [2.45, 2.75) is 59.5 Å². The van der Waals surface area contributed by atoms with Crippen LogP contribution in [0.15, 0.2) is 113 Å². The molecule has 8 nitrogen and oxygen atoms in total. The summed E-state index contributed by atoms with van der Waals surface area (Å²) in [7, 11) is -7.53. The molecule has 4 aromatic rings. The van der Waals surface area contributed by atoms with Gasteiger partial charge in [0.2, 0.25) is 0 Å². The molecule has 2 fully saturated rings. The summed E-state index contributed by atoms with van der Waals surface area (Å²) in [5.41, 5.74) is -0.888. The van der Waals surface area contributed by atoms with Crippen molar-refractivity contribution in [3.63, 3.8) is 0 Å². The molecule has 1 unspecified atom stereocenters. The molecule has 6 rings (SSSR count). The number of ether oxygens (including phenoxy) is 2. The van der Waals surface area contributed by atoms with E-state index in [4.69, 9.17) is 9.47 Å². The number of alkyl halides is 6. The molecule has 4 aromatic carbocycles. The second-order valence-corrected chi connectivity index (χ2v) is 18.4. The summed E-state index contributed by atoms with van der Waals surface area (Å²) < 4.78 is 145. The van der Waals surface area contributed by atoms with Gasteiger partial charge in [0, 0.05) is 37.4 Å². The monoisotopic (exact) mass is 824 g/mol. The highest BCUT2D eigenvalue weighted by atomic mass is 32.2. The van der Waals surface area contributed by atoms with E-state index in [1.54, 1.807) is 30.3 Å². The summed E-state index contributed by atoms with van der Waals surface area (Å²) in [5, 5.41) is 6.53. The molecule has 2 aliphatic heterocycles. The Labute approximate surface area is 322 Å². The number of rotatable bonds is 15. The maximum atomic E-state index is 13.6. The van der Waals surface area contributed by atoms with Gasteiger partial charge in [-0.3, -0.25) is 0 Å². The maximum Gasteiger partial charge on any atom is 0.416 e. The standard InChI is InChI=1S/C40H42F6N2O6S2/c41-39(42,43)29-8-12-31(13-9-29)53-37(28-18-21-47-24-28)19-22-56(51,52)34-16-6-27(7-17-34)35-25-48-26-36(35)38(20-23-55(49,50)33-4-2-1-3-5-33)54-32-14-10-30(11-15-32)40(44,45)46/h1-17,28,35-38,47-48H,18-26H2/t28-,35?,36+,37+,38-/m0/s1. The van der Waals surface area contributed by atoms with Gasteiger partial charge in [-0.25, -0.2) is 16.8 Å². The minimum absolute atomic E-state index is 0.0397. The van der Waals surface area contributed by atoms with E-state index in [1.807, 2.05) is 0 Å². The Balaban J connectivity index is 1.17. The van der Waals surface area contributed by atoms with Gasteiger partial charge in [-0.2, -0.15) is 26.3 Å². The smallest absolute Gasteiger partial charge is 0.416 e. The largest absolute Gasteiger partial charge is 0.490 e. The highest BCUT2D eigenvalue weighted by Crippen LogP contribution is 2.37. The van der Waals surface area contributed by atoms with Crippen LogP contribution in [-0.2, 0) is 32.0 Å². The fraction of sp³-hybridized carbons (Fsp3) is 0.400. The van der Waals surface area contributed by atoms with Gasteiger partial charge in [0.05, 0.1) is 32.4 Å². The fourth-order valence-corrected chi connectivity index (χ4v) is 10.0. The number of hydrogen-bond donors (Lipinski definition) is 2. The average Bonchev–Trinajstić information content (AvgIpc) is 3.89. The quantitative estimate of drug-likeness (QED) is 0.118. The lowest BCUT2D eigenvalue weighted by Crippen LogP contribution is -2.34. The van der Waals surface area contributed by atoms with E-state index in [9.17, 15) is 43.2 Å². The van der Waals surface area contributed by atoms with Crippen LogP contribution in [0, 0.1) is 11.8 Å². The zero-order valence-electron chi connectivity index (χ0n) is 30.1. The van der Waals surface area contributed by atoms with Crippen molar-refractivity contribution in [3.8, 4) is 11.5 Å². The van der Waals surface area contributed by atoms with E-state index in [2.05, 4.69) is 10.6 Å². The predicted octanol–water partition coefficient (Wildman–Crippen LogP) is 7.56. The summed E-state index contributed by atoms with van der Waals surface area (Å²) in [6, 6.07) is 22.9. The topological polar surface area (TPSA) is 111 Å². The highest BCUT2D eigenvalue weighted by molar-refractivity contribution is 7.91. The number of halogens is 6. The van der Waals surface area contributed by atoms with Crippen molar-refractivity contribution in [2.24, 2.45) is 11.8 Å². The molecule has 0 spiro atoms. The minimum Gasteiger partial charge on any atom is -0.490 e. The molecule has 0 aromatic heterocycles. The van der Waals surface area contributed by atoms with Gasteiger partial charge in [-0.1, -0.05) is 30.3 Å². The molecule has 2 saturated heterocycles. The van der Waals surface area contributed by atoms with Crippen molar-refractivity contribution in [2.75, 3.05) is 37.7 Å². The Bertz CT molecular complexity index is 2110. The molecule has 302 valence electrons. The SMILES string of the molecule is O=S(=O)(CC[C@H](Oc1ccc(C(F)(F)F)cc1)[C@@H]1CNCC1c1ccc(S(=O)(=O)CC[C@@H](Oc2ccc(C(F)(F)F)cc2)[C@H]2CCNC2)cc1)c1ccccc1. The van der Waals surface area contributed by atoms with E-state index in [1.165, 1.54) is 48.5 Å². The number of nitrogens with one attached hydrogen (secondary N) is 2. The van der Waals surface area contributed by atoms with Crippen LogP contribution in [0.5, 0.6) is 11.5 Å². The molecule has 0 bridgehead atoms. The first-order valence-corrected chi connectivity index (χ1v) is 21.5. The normalized spacial score (nSPS) is 20.4. The van der Waals surface area contributed by atoms with E-state index < -0.39 is 55.4 Å². The minimum atomic E-state index is -4.54. The van der Waals surface area contributed by atoms with Crippen LogP contribution >= 0.6 is 0 Å². The summed E-state index contributed by atoms with van der Waals surface area (Å²) in [5.74, 6) is -0.780. The second-order valence-electron chi connectivity index (χ2n) is 14.1. The van der Waals surface area contributed by atoms with Gasteiger partial charge in [-0.05, 0) is 104 Å². The number of hydrogen-bond acceptors (Lipinski definition) is 8. The Morgan fingerprint density at radius 2 is 1.09 bits per heavy atom.